The Morgan fingerprint density at radius 2 is 0.687 bits per heavy atom. The lowest BCUT2D eigenvalue weighted by Crippen LogP contribution is -2.44. The molecule has 0 saturated heterocycles. The monoisotopic (exact) mass is 1160 g/mol. The number of quaternary nitrogens is 1. The zero-order chi connectivity index (χ0) is 60.5. The average molecular weight is 1160 g/mol. The van der Waals surface area contributed by atoms with Gasteiger partial charge in [0.1, 0.15) is 13.2 Å². The topological polar surface area (TPSA) is 111 Å². The van der Waals surface area contributed by atoms with Crippen LogP contribution in [0.25, 0.3) is 0 Å². The maximum absolute atomic E-state index is 12.9. The first-order chi connectivity index (χ1) is 40.6. The number of aliphatic carboxylic acids is 1. The van der Waals surface area contributed by atoms with Crippen LogP contribution in [-0.4, -0.2) is 82.3 Å². The Labute approximate surface area is 513 Å². The van der Waals surface area contributed by atoms with Crippen LogP contribution in [0.1, 0.15) is 322 Å². The minimum absolute atomic E-state index is 0.146. The molecule has 0 amide bonds. The third-order valence-corrected chi connectivity index (χ3v) is 15.5. The van der Waals surface area contributed by atoms with Gasteiger partial charge in [-0.05, 0) is 64.2 Å². The lowest BCUT2D eigenvalue weighted by molar-refractivity contribution is -0.870. The van der Waals surface area contributed by atoms with Gasteiger partial charge in [0.05, 0.1) is 40.3 Å². The molecule has 0 aromatic heterocycles. The minimum atomic E-state index is -1.62. The van der Waals surface area contributed by atoms with Crippen molar-refractivity contribution in [3.63, 3.8) is 0 Å². The summed E-state index contributed by atoms with van der Waals surface area (Å²) in [4.78, 5) is 37.5. The molecule has 9 nitrogen and oxygen atoms in total. The van der Waals surface area contributed by atoms with Crippen LogP contribution in [0.4, 0.5) is 0 Å². The standard InChI is InChI=1S/C74H133NO8/c1-6-8-10-12-14-16-18-20-22-24-26-28-30-32-34-36-38-40-42-44-46-48-50-52-54-56-58-60-62-64-71(76)81-68-70(69-82-74(73(78)79)80-67-66-75(3,4)5)83-72(77)65-63-61-59-57-55-53-51-49-47-45-43-41-39-37-35-33-31-29-27-25-23-21-19-17-15-13-11-9-7-2/h9,11,15,17,21,23,27,29,33,35,39,41,70,74H,6-8,10,12-14,16,18-20,22,24-26,28,30-32,34,36-38,40,42-69H2,1-5H3/b11-9-,17-15-,23-21-,29-27-,35-33-,41-39-. The first-order valence-electron chi connectivity index (χ1n) is 35.1. The van der Waals surface area contributed by atoms with Gasteiger partial charge in [-0.2, -0.15) is 0 Å². The van der Waals surface area contributed by atoms with E-state index in [0.717, 1.165) is 83.5 Å². The molecule has 0 aliphatic rings. The molecular formula is C74H133NO8. The Kier molecular flexibility index (Phi) is 62.2. The van der Waals surface area contributed by atoms with Crippen LogP contribution >= 0.6 is 0 Å². The number of likely N-dealkylation sites (N-methyl/N-ethyl adjacent to an activating group) is 1. The predicted octanol–water partition coefficient (Wildman–Crippen LogP) is 20.4. The van der Waals surface area contributed by atoms with Gasteiger partial charge in [0.2, 0.25) is 0 Å². The zero-order valence-corrected chi connectivity index (χ0v) is 55.1. The Bertz CT molecular complexity index is 1590. The van der Waals surface area contributed by atoms with E-state index in [1.807, 2.05) is 21.1 Å². The summed E-state index contributed by atoms with van der Waals surface area (Å²) in [6, 6.07) is 0. The fourth-order valence-corrected chi connectivity index (χ4v) is 10.1. The van der Waals surface area contributed by atoms with E-state index in [9.17, 15) is 19.5 Å². The van der Waals surface area contributed by atoms with E-state index in [0.29, 0.717) is 23.9 Å². The van der Waals surface area contributed by atoms with Gasteiger partial charge < -0.3 is 33.3 Å². The highest BCUT2D eigenvalue weighted by Gasteiger charge is 2.22. The summed E-state index contributed by atoms with van der Waals surface area (Å²) in [5.74, 6) is -2.27. The molecule has 0 bridgehead atoms. The summed E-state index contributed by atoms with van der Waals surface area (Å²) >= 11 is 0. The third-order valence-electron chi connectivity index (χ3n) is 15.5. The van der Waals surface area contributed by atoms with Crippen molar-refractivity contribution in [3.05, 3.63) is 72.9 Å². The first kappa shape index (κ1) is 79.7. The number of rotatable bonds is 65. The second-order valence-electron chi connectivity index (χ2n) is 24.8. The molecule has 482 valence electrons. The van der Waals surface area contributed by atoms with Crippen LogP contribution in [0.3, 0.4) is 0 Å². The fourth-order valence-electron chi connectivity index (χ4n) is 10.1. The summed E-state index contributed by atoms with van der Waals surface area (Å²) in [5, 5.41) is 11.8. The van der Waals surface area contributed by atoms with Crippen LogP contribution in [0.5, 0.6) is 0 Å². The smallest absolute Gasteiger partial charge is 0.306 e. The van der Waals surface area contributed by atoms with Crippen molar-refractivity contribution in [1.29, 1.82) is 0 Å². The number of unbranched alkanes of at least 4 members (excludes halogenated alkanes) is 38. The van der Waals surface area contributed by atoms with Crippen molar-refractivity contribution >= 4 is 17.9 Å². The van der Waals surface area contributed by atoms with Crippen molar-refractivity contribution < 1.29 is 42.9 Å². The molecule has 0 heterocycles. The van der Waals surface area contributed by atoms with Gasteiger partial charge in [-0.3, -0.25) is 9.59 Å². The number of hydrogen-bond donors (Lipinski definition) is 0. The molecule has 2 unspecified atom stereocenters. The average Bonchev–Trinajstić information content (AvgIpc) is 3.46. The molecule has 0 saturated carbocycles. The van der Waals surface area contributed by atoms with Crippen molar-refractivity contribution in [3.8, 4) is 0 Å². The Balaban J connectivity index is 4.11. The molecular weight excluding hydrogens is 1030 g/mol. The van der Waals surface area contributed by atoms with Gasteiger partial charge in [-0.25, -0.2) is 0 Å². The highest BCUT2D eigenvalue weighted by atomic mass is 16.7. The number of esters is 2. The van der Waals surface area contributed by atoms with Crippen molar-refractivity contribution in [2.75, 3.05) is 47.5 Å². The molecule has 0 aromatic rings. The van der Waals surface area contributed by atoms with Crippen LogP contribution < -0.4 is 5.11 Å². The summed E-state index contributed by atoms with van der Waals surface area (Å²) in [6.07, 6.45) is 82.7. The quantitative estimate of drug-likeness (QED) is 0.0195. The van der Waals surface area contributed by atoms with Gasteiger partial charge >= 0.3 is 11.9 Å². The molecule has 0 N–H and O–H groups in total. The van der Waals surface area contributed by atoms with Gasteiger partial charge in [-0.1, -0.05) is 318 Å². The van der Waals surface area contributed by atoms with E-state index in [-0.39, 0.29) is 32.2 Å². The SMILES string of the molecule is CC/C=C\C/C=C\C/C=C\C/C=C\C/C=C\C/C=C\CCCCCCCCCCCCC(=O)OC(COC(=O)CCCCCCCCCCCCCCCCCCCCCCCCCCCCCCC)COC(OCC[N+](C)(C)C)C(=O)[O-]. The van der Waals surface area contributed by atoms with E-state index in [1.54, 1.807) is 0 Å². The number of allylic oxidation sites excluding steroid dienone is 12. The molecule has 0 fully saturated rings. The van der Waals surface area contributed by atoms with Gasteiger partial charge in [0.15, 0.2) is 12.4 Å². The molecule has 0 aromatic carbocycles. The lowest BCUT2D eigenvalue weighted by atomic mass is 10.0. The number of carbonyl (C=O) groups is 3. The van der Waals surface area contributed by atoms with Crippen LogP contribution in [0.15, 0.2) is 72.9 Å². The Morgan fingerprint density at radius 1 is 0.373 bits per heavy atom. The summed E-state index contributed by atoms with van der Waals surface area (Å²) in [6.45, 7) is 4.68. The first-order valence-corrected chi connectivity index (χ1v) is 35.1. The normalized spacial score (nSPS) is 13.1. The molecule has 0 aliphatic carbocycles. The minimum Gasteiger partial charge on any atom is -0.545 e. The van der Waals surface area contributed by atoms with E-state index < -0.39 is 24.3 Å². The summed E-state index contributed by atoms with van der Waals surface area (Å²) in [5.41, 5.74) is 0. The molecule has 9 heteroatoms. The second-order valence-corrected chi connectivity index (χ2v) is 24.8. The summed E-state index contributed by atoms with van der Waals surface area (Å²) in [7, 11) is 5.93. The Hall–Kier alpha value is -3.27. The maximum Gasteiger partial charge on any atom is 0.306 e. The molecule has 83 heavy (non-hydrogen) atoms. The highest BCUT2D eigenvalue weighted by Crippen LogP contribution is 2.18. The van der Waals surface area contributed by atoms with Crippen LogP contribution in [0, 0.1) is 0 Å². The number of hydrogen-bond acceptors (Lipinski definition) is 8. The molecule has 2 atom stereocenters. The van der Waals surface area contributed by atoms with E-state index in [4.69, 9.17) is 18.9 Å². The van der Waals surface area contributed by atoms with E-state index in [1.165, 1.54) is 205 Å². The number of carboxylic acid groups (broad SMARTS) is 1. The number of carboxylic acids is 1. The van der Waals surface area contributed by atoms with E-state index in [2.05, 4.69) is 86.8 Å². The number of nitrogens with zero attached hydrogens (tertiary/aromatic N) is 1. The predicted molar refractivity (Wildman–Crippen MR) is 352 cm³/mol. The van der Waals surface area contributed by atoms with Crippen molar-refractivity contribution in [2.24, 2.45) is 0 Å². The molecule has 0 aliphatic heterocycles. The number of carbonyl (C=O) groups excluding carboxylic acids is 3. The molecule has 0 spiro atoms. The van der Waals surface area contributed by atoms with Crippen molar-refractivity contribution in [1.82, 2.24) is 0 Å². The molecule has 0 rings (SSSR count). The fraction of sp³-hybridized carbons (Fsp3) is 0.797. The van der Waals surface area contributed by atoms with E-state index >= 15 is 0 Å². The second kappa shape index (κ2) is 64.7. The largest absolute Gasteiger partial charge is 0.545 e. The molecule has 0 radical (unpaired) electrons. The van der Waals surface area contributed by atoms with Crippen LogP contribution in [0.2, 0.25) is 0 Å². The zero-order valence-electron chi connectivity index (χ0n) is 55.1. The van der Waals surface area contributed by atoms with Gasteiger partial charge in [0.25, 0.3) is 0 Å². The lowest BCUT2D eigenvalue weighted by Gasteiger charge is -2.26. The number of ether oxygens (including phenoxy) is 4. The van der Waals surface area contributed by atoms with Crippen LogP contribution in [-0.2, 0) is 33.3 Å². The van der Waals surface area contributed by atoms with Crippen molar-refractivity contribution in [2.45, 2.75) is 334 Å². The highest BCUT2D eigenvalue weighted by molar-refractivity contribution is 5.70. The maximum atomic E-state index is 12.9. The Morgan fingerprint density at radius 3 is 1.02 bits per heavy atom. The summed E-state index contributed by atoms with van der Waals surface area (Å²) < 4.78 is 22.8. The van der Waals surface area contributed by atoms with Gasteiger partial charge in [0, 0.05) is 12.8 Å². The van der Waals surface area contributed by atoms with Gasteiger partial charge in [-0.15, -0.1) is 0 Å². The third kappa shape index (κ3) is 66.1.